The Balaban J connectivity index is 1.48. The monoisotopic (exact) mass is 402 g/mol. The Kier molecular flexibility index (Phi) is 4.43. The third-order valence-corrected chi connectivity index (χ3v) is 5.03. The number of imidazole rings is 1. The van der Waals surface area contributed by atoms with E-state index in [9.17, 15) is 4.39 Å². The summed E-state index contributed by atoms with van der Waals surface area (Å²) in [7, 11) is 1.66. The molecule has 30 heavy (non-hydrogen) atoms. The summed E-state index contributed by atoms with van der Waals surface area (Å²) in [5, 5.41) is 0.557. The molecule has 1 aliphatic rings. The molecule has 4 aromatic rings. The maximum absolute atomic E-state index is 14.3. The first-order chi connectivity index (χ1) is 14.7. The van der Waals surface area contributed by atoms with Crippen molar-refractivity contribution in [2.75, 3.05) is 13.7 Å². The molecule has 150 valence electrons. The number of ether oxygens (including phenoxy) is 2. The number of hydrogen-bond acceptors (Lipinski definition) is 5. The first-order valence-electron chi connectivity index (χ1n) is 9.68. The molecule has 0 saturated carbocycles. The molecule has 2 aromatic heterocycles. The number of methoxy groups -OCH3 is 1. The van der Waals surface area contributed by atoms with E-state index in [1.807, 2.05) is 37.4 Å². The predicted molar refractivity (Wildman–Crippen MR) is 113 cm³/mol. The highest BCUT2D eigenvalue weighted by Gasteiger charge is 2.21. The Hall–Kier alpha value is -3.74. The molecular weight excluding hydrogens is 383 g/mol. The Morgan fingerprint density at radius 3 is 2.87 bits per heavy atom. The van der Waals surface area contributed by atoms with Crippen molar-refractivity contribution in [1.82, 2.24) is 19.5 Å². The van der Waals surface area contributed by atoms with E-state index in [1.54, 1.807) is 25.3 Å². The van der Waals surface area contributed by atoms with Gasteiger partial charge in [0.2, 0.25) is 5.88 Å². The van der Waals surface area contributed by atoms with E-state index in [1.165, 1.54) is 11.6 Å². The molecule has 0 atom stereocenters. The van der Waals surface area contributed by atoms with Crippen LogP contribution in [0.3, 0.4) is 0 Å². The van der Waals surface area contributed by atoms with Gasteiger partial charge in [-0.3, -0.25) is 0 Å². The molecule has 3 heterocycles. The minimum absolute atomic E-state index is 0.241. The number of rotatable bonds is 5. The molecule has 7 heteroatoms. The maximum Gasteiger partial charge on any atom is 0.225 e. The van der Waals surface area contributed by atoms with Gasteiger partial charge in [0.1, 0.15) is 22.9 Å². The summed E-state index contributed by atoms with van der Waals surface area (Å²) in [5.41, 5.74) is 3.30. The second-order valence-corrected chi connectivity index (χ2v) is 6.93. The molecule has 2 aromatic carbocycles. The Morgan fingerprint density at radius 2 is 2.03 bits per heavy atom. The number of benzene rings is 2. The van der Waals surface area contributed by atoms with Crippen molar-refractivity contribution in [3.63, 3.8) is 0 Å². The second kappa shape index (κ2) is 7.26. The molecule has 0 aliphatic carbocycles. The van der Waals surface area contributed by atoms with E-state index in [4.69, 9.17) is 14.5 Å². The highest BCUT2D eigenvalue weighted by atomic mass is 19.1. The van der Waals surface area contributed by atoms with E-state index < -0.39 is 5.82 Å². The zero-order chi connectivity index (χ0) is 20.7. The van der Waals surface area contributed by atoms with E-state index in [2.05, 4.69) is 14.5 Å². The van der Waals surface area contributed by atoms with Gasteiger partial charge in [0.15, 0.2) is 5.82 Å². The summed E-state index contributed by atoms with van der Waals surface area (Å²) in [5.74, 6) is 2.09. The van der Waals surface area contributed by atoms with Crippen LogP contribution in [0, 0.1) is 5.82 Å². The lowest BCUT2D eigenvalue weighted by Crippen LogP contribution is -2.00. The van der Waals surface area contributed by atoms with Crippen LogP contribution in [0.5, 0.6) is 11.6 Å². The molecule has 0 spiro atoms. The normalized spacial score (nSPS) is 12.4. The van der Waals surface area contributed by atoms with Gasteiger partial charge in [-0.05, 0) is 55.0 Å². The van der Waals surface area contributed by atoms with Crippen molar-refractivity contribution in [3.05, 3.63) is 65.5 Å². The Labute approximate surface area is 172 Å². The molecule has 6 nitrogen and oxygen atoms in total. The van der Waals surface area contributed by atoms with Crippen molar-refractivity contribution in [1.29, 1.82) is 0 Å². The van der Waals surface area contributed by atoms with Gasteiger partial charge in [0, 0.05) is 18.3 Å². The van der Waals surface area contributed by atoms with E-state index in [0.717, 1.165) is 29.4 Å². The van der Waals surface area contributed by atoms with Gasteiger partial charge in [-0.1, -0.05) is 6.07 Å². The van der Waals surface area contributed by atoms with E-state index in [0.29, 0.717) is 23.7 Å². The number of fused-ring (bicyclic) bond motifs is 4. The second-order valence-electron chi connectivity index (χ2n) is 6.93. The molecule has 0 N–H and O–H groups in total. The van der Waals surface area contributed by atoms with Crippen molar-refractivity contribution < 1.29 is 13.9 Å². The summed E-state index contributed by atoms with van der Waals surface area (Å²) in [4.78, 5) is 13.5. The zero-order valence-corrected chi connectivity index (χ0v) is 16.6. The summed E-state index contributed by atoms with van der Waals surface area (Å²) in [6, 6.07) is 10.8. The number of aromatic nitrogens is 4. The van der Waals surface area contributed by atoms with Crippen LogP contribution in [-0.2, 0) is 6.54 Å². The average Bonchev–Trinajstić information content (AvgIpc) is 3.30. The first kappa shape index (κ1) is 18.3. The smallest absolute Gasteiger partial charge is 0.225 e. The van der Waals surface area contributed by atoms with Crippen molar-refractivity contribution >= 4 is 23.1 Å². The molecule has 0 amide bonds. The largest absolute Gasteiger partial charge is 0.497 e. The number of hydrogen-bond donors (Lipinski definition) is 0. The minimum atomic E-state index is -0.404. The standard InChI is InChI=1S/C23H19FN4O2/c1-3-30-23-18-5-4-6-19(24)21(18)26-20(27-23)10-7-15-13-28-12-14-11-16(29-2)8-9-17(14)22(28)25-15/h4-11,13H,3,12H2,1-2H3. The third kappa shape index (κ3) is 3.08. The van der Waals surface area contributed by atoms with Gasteiger partial charge in [-0.2, -0.15) is 4.98 Å². The summed E-state index contributed by atoms with van der Waals surface area (Å²) in [6.07, 6.45) is 5.52. The number of nitrogens with zero attached hydrogens (tertiary/aromatic N) is 4. The molecule has 5 rings (SSSR count). The van der Waals surface area contributed by atoms with Gasteiger partial charge in [0.25, 0.3) is 0 Å². The summed E-state index contributed by atoms with van der Waals surface area (Å²) >= 11 is 0. The SMILES string of the molecule is CCOc1nc(C=Cc2cn3c(n2)-c2ccc(OC)cc2C3)nc2c(F)cccc12. The fourth-order valence-electron chi connectivity index (χ4n) is 3.67. The van der Waals surface area contributed by atoms with Crippen molar-refractivity contribution in [3.8, 4) is 23.0 Å². The molecule has 0 saturated heterocycles. The lowest BCUT2D eigenvalue weighted by Gasteiger charge is -2.07. The number of para-hydroxylation sites is 1. The molecule has 0 unspecified atom stereocenters. The van der Waals surface area contributed by atoms with Crippen molar-refractivity contribution in [2.24, 2.45) is 0 Å². The summed E-state index contributed by atoms with van der Waals surface area (Å²) in [6.45, 7) is 3.04. The molecule has 1 aliphatic heterocycles. The van der Waals surface area contributed by atoms with Crippen molar-refractivity contribution in [2.45, 2.75) is 13.5 Å². The minimum Gasteiger partial charge on any atom is -0.497 e. The van der Waals surface area contributed by atoms with Crippen LogP contribution in [0.25, 0.3) is 34.4 Å². The topological polar surface area (TPSA) is 62.1 Å². The van der Waals surface area contributed by atoms with Crippen LogP contribution in [0.1, 0.15) is 24.0 Å². The third-order valence-electron chi connectivity index (χ3n) is 5.03. The molecular formula is C23H19FN4O2. The molecule has 0 bridgehead atoms. The van der Waals surface area contributed by atoms with E-state index in [-0.39, 0.29) is 5.52 Å². The van der Waals surface area contributed by atoms with Crippen LogP contribution >= 0.6 is 0 Å². The van der Waals surface area contributed by atoms with Crippen LogP contribution in [-0.4, -0.2) is 33.2 Å². The van der Waals surface area contributed by atoms with Gasteiger partial charge in [-0.15, -0.1) is 0 Å². The van der Waals surface area contributed by atoms with Gasteiger partial charge >= 0.3 is 0 Å². The number of halogens is 1. The lowest BCUT2D eigenvalue weighted by molar-refractivity contribution is 0.330. The zero-order valence-electron chi connectivity index (χ0n) is 16.6. The highest BCUT2D eigenvalue weighted by molar-refractivity contribution is 5.85. The Bertz CT molecular complexity index is 1300. The molecule has 0 fully saturated rings. The fraction of sp³-hybridized carbons (Fsp3) is 0.174. The van der Waals surface area contributed by atoms with Crippen LogP contribution in [0.4, 0.5) is 4.39 Å². The summed E-state index contributed by atoms with van der Waals surface area (Å²) < 4.78 is 27.2. The Morgan fingerprint density at radius 1 is 1.13 bits per heavy atom. The van der Waals surface area contributed by atoms with Crippen LogP contribution < -0.4 is 9.47 Å². The quantitative estimate of drug-likeness (QED) is 0.431. The van der Waals surface area contributed by atoms with Gasteiger partial charge in [0.05, 0.1) is 24.8 Å². The van der Waals surface area contributed by atoms with E-state index >= 15 is 0 Å². The maximum atomic E-state index is 14.3. The lowest BCUT2D eigenvalue weighted by atomic mass is 10.1. The van der Waals surface area contributed by atoms with Gasteiger partial charge in [-0.25, -0.2) is 14.4 Å². The molecule has 0 radical (unpaired) electrons. The highest BCUT2D eigenvalue weighted by Crippen LogP contribution is 2.34. The average molecular weight is 402 g/mol. The van der Waals surface area contributed by atoms with Gasteiger partial charge < -0.3 is 14.0 Å². The van der Waals surface area contributed by atoms with Crippen LogP contribution in [0.2, 0.25) is 0 Å². The fourth-order valence-corrected chi connectivity index (χ4v) is 3.67. The predicted octanol–water partition coefficient (Wildman–Crippen LogP) is 4.57. The first-order valence-corrected chi connectivity index (χ1v) is 9.68. The van der Waals surface area contributed by atoms with Crippen LogP contribution in [0.15, 0.2) is 42.6 Å².